The summed E-state index contributed by atoms with van der Waals surface area (Å²) < 4.78 is 5.21. The fourth-order valence-corrected chi connectivity index (χ4v) is 7.42. The third-order valence-corrected chi connectivity index (χ3v) is 10.6. The Labute approximate surface area is 294 Å². The highest BCUT2D eigenvalue weighted by atomic mass is 15.1. The second-order valence-corrected chi connectivity index (χ2v) is 15.0. The van der Waals surface area contributed by atoms with Crippen molar-refractivity contribution in [3.63, 3.8) is 0 Å². The molecule has 0 saturated heterocycles. The van der Waals surface area contributed by atoms with Gasteiger partial charge in [0.05, 0.1) is 13.1 Å². The first-order chi connectivity index (χ1) is 23.3. The molecule has 1 aromatic carbocycles. The predicted molar refractivity (Wildman–Crippen MR) is 208 cm³/mol. The van der Waals surface area contributed by atoms with Crippen molar-refractivity contribution in [3.8, 4) is 0 Å². The summed E-state index contributed by atoms with van der Waals surface area (Å²) in [6, 6.07) is 11.0. The third kappa shape index (κ3) is 23.4. The van der Waals surface area contributed by atoms with Crippen LogP contribution in [0.5, 0.6) is 0 Å². The average Bonchev–Trinajstić information content (AvgIpc) is 3.48. The van der Waals surface area contributed by atoms with E-state index in [1.54, 1.807) is 5.82 Å². The molecule has 2 nitrogen and oxygen atoms in total. The van der Waals surface area contributed by atoms with Crippen LogP contribution in [0.25, 0.3) is 0 Å². The van der Waals surface area contributed by atoms with Gasteiger partial charge in [-0.15, -0.1) is 0 Å². The van der Waals surface area contributed by atoms with Gasteiger partial charge in [0.2, 0.25) is 0 Å². The van der Waals surface area contributed by atoms with E-state index in [1.807, 2.05) is 0 Å². The average molecular weight is 650 g/mol. The van der Waals surface area contributed by atoms with Crippen LogP contribution in [0.2, 0.25) is 0 Å². The molecule has 2 rings (SSSR count). The van der Waals surface area contributed by atoms with Crippen LogP contribution in [0.3, 0.4) is 0 Å². The van der Waals surface area contributed by atoms with Crippen molar-refractivity contribution in [2.24, 2.45) is 0 Å². The fourth-order valence-electron chi connectivity index (χ4n) is 7.42. The minimum atomic E-state index is 1.15. The SMILES string of the molecule is CCCCCCCCCCCCCCCCCCCc1n(CCCCCCCCCCCCCC)cc[n+]1CCCc1ccccc1. The van der Waals surface area contributed by atoms with E-state index in [4.69, 9.17) is 0 Å². The van der Waals surface area contributed by atoms with Crippen molar-refractivity contribution < 1.29 is 4.57 Å². The minimum absolute atomic E-state index is 1.15. The molecule has 47 heavy (non-hydrogen) atoms. The molecule has 1 heterocycles. The van der Waals surface area contributed by atoms with Crippen molar-refractivity contribution in [3.05, 3.63) is 54.1 Å². The summed E-state index contributed by atoms with van der Waals surface area (Å²) in [6.45, 7) is 6.97. The maximum atomic E-state index is 2.62. The normalized spacial score (nSPS) is 11.5. The van der Waals surface area contributed by atoms with Gasteiger partial charge in [-0.1, -0.05) is 211 Å². The molecular formula is C45H81N2+. The molecule has 1 aromatic heterocycles. The number of aromatic nitrogens is 2. The highest BCUT2D eigenvalue weighted by Gasteiger charge is 2.16. The molecule has 2 heteroatoms. The summed E-state index contributed by atoms with van der Waals surface area (Å²) in [5, 5.41) is 0. The van der Waals surface area contributed by atoms with Gasteiger partial charge in [0.15, 0.2) is 0 Å². The Kier molecular flexibility index (Phi) is 28.0. The van der Waals surface area contributed by atoms with Crippen LogP contribution >= 0.6 is 0 Å². The Balaban J connectivity index is 1.58. The number of unbranched alkanes of at least 4 members (excludes halogenated alkanes) is 27. The van der Waals surface area contributed by atoms with Crippen molar-refractivity contribution >= 4 is 0 Å². The van der Waals surface area contributed by atoms with E-state index in [9.17, 15) is 0 Å². The Hall–Kier alpha value is -1.57. The van der Waals surface area contributed by atoms with E-state index in [2.05, 4.69) is 65.7 Å². The second kappa shape index (κ2) is 31.7. The van der Waals surface area contributed by atoms with Crippen LogP contribution in [-0.2, 0) is 25.9 Å². The minimum Gasteiger partial charge on any atom is -0.234 e. The lowest BCUT2D eigenvalue weighted by atomic mass is 10.0. The quantitative estimate of drug-likeness (QED) is 0.0519. The van der Waals surface area contributed by atoms with Crippen LogP contribution in [-0.4, -0.2) is 4.57 Å². The van der Waals surface area contributed by atoms with Crippen LogP contribution < -0.4 is 4.57 Å². The van der Waals surface area contributed by atoms with Gasteiger partial charge in [-0.25, -0.2) is 9.13 Å². The second-order valence-electron chi connectivity index (χ2n) is 15.0. The summed E-state index contributed by atoms with van der Waals surface area (Å²) in [5.74, 6) is 1.59. The number of hydrogen-bond acceptors (Lipinski definition) is 0. The smallest absolute Gasteiger partial charge is 0.234 e. The molecule has 2 aromatic rings. The van der Waals surface area contributed by atoms with Gasteiger partial charge < -0.3 is 0 Å². The molecule has 0 bridgehead atoms. The highest BCUT2D eigenvalue weighted by molar-refractivity contribution is 5.14. The molecule has 0 atom stereocenters. The molecule has 0 amide bonds. The van der Waals surface area contributed by atoms with Gasteiger partial charge in [0.25, 0.3) is 5.82 Å². The number of rotatable bonds is 35. The fraction of sp³-hybridized carbons (Fsp3) is 0.800. The van der Waals surface area contributed by atoms with E-state index >= 15 is 0 Å². The first-order valence-corrected chi connectivity index (χ1v) is 21.5. The molecule has 0 N–H and O–H groups in total. The lowest BCUT2D eigenvalue weighted by Crippen LogP contribution is -2.37. The molecule has 0 aliphatic heterocycles. The summed E-state index contributed by atoms with van der Waals surface area (Å²) in [4.78, 5) is 0. The van der Waals surface area contributed by atoms with Gasteiger partial charge in [0, 0.05) is 6.42 Å². The summed E-state index contributed by atoms with van der Waals surface area (Å²) in [5.41, 5.74) is 1.47. The lowest BCUT2D eigenvalue weighted by molar-refractivity contribution is -0.704. The van der Waals surface area contributed by atoms with Gasteiger partial charge in [-0.3, -0.25) is 0 Å². The largest absolute Gasteiger partial charge is 0.256 e. The van der Waals surface area contributed by atoms with Gasteiger partial charge in [-0.2, -0.15) is 0 Å². The highest BCUT2D eigenvalue weighted by Crippen LogP contribution is 2.16. The Morgan fingerprint density at radius 1 is 0.426 bits per heavy atom. The zero-order chi connectivity index (χ0) is 33.3. The number of benzene rings is 1. The number of hydrogen-bond donors (Lipinski definition) is 0. The maximum absolute atomic E-state index is 2.62. The van der Waals surface area contributed by atoms with Gasteiger partial charge in [0.1, 0.15) is 12.4 Å². The number of aryl methyl sites for hydroxylation is 3. The van der Waals surface area contributed by atoms with Gasteiger partial charge >= 0.3 is 0 Å². The third-order valence-electron chi connectivity index (χ3n) is 10.6. The van der Waals surface area contributed by atoms with Crippen LogP contribution in [0.1, 0.15) is 218 Å². The summed E-state index contributed by atoms with van der Waals surface area (Å²) in [6.07, 6.45) is 50.1. The predicted octanol–water partition coefficient (Wildman–Crippen LogP) is 14.3. The topological polar surface area (TPSA) is 8.81 Å². The maximum Gasteiger partial charge on any atom is 0.256 e. The summed E-state index contributed by atoms with van der Waals surface area (Å²) in [7, 11) is 0. The Morgan fingerprint density at radius 3 is 1.28 bits per heavy atom. The first-order valence-electron chi connectivity index (χ1n) is 21.5. The number of imidazole rings is 1. The molecule has 0 unspecified atom stereocenters. The lowest BCUT2D eigenvalue weighted by Gasteiger charge is -2.07. The molecule has 270 valence electrons. The van der Waals surface area contributed by atoms with Crippen molar-refractivity contribution in [2.75, 3.05) is 0 Å². The molecule has 0 spiro atoms. The zero-order valence-corrected chi connectivity index (χ0v) is 32.0. The van der Waals surface area contributed by atoms with E-state index in [-0.39, 0.29) is 0 Å². The monoisotopic (exact) mass is 650 g/mol. The van der Waals surface area contributed by atoms with E-state index < -0.39 is 0 Å². The molecule has 0 aliphatic carbocycles. The van der Waals surface area contributed by atoms with Gasteiger partial charge in [-0.05, 0) is 37.7 Å². The van der Waals surface area contributed by atoms with Crippen LogP contribution in [0.15, 0.2) is 42.7 Å². The van der Waals surface area contributed by atoms with E-state index in [0.717, 1.165) is 6.54 Å². The summed E-state index contributed by atoms with van der Waals surface area (Å²) >= 11 is 0. The Bertz CT molecular complexity index is 900. The molecule has 0 radical (unpaired) electrons. The van der Waals surface area contributed by atoms with Crippen molar-refractivity contribution in [1.82, 2.24) is 4.57 Å². The molecule has 0 fully saturated rings. The van der Waals surface area contributed by atoms with Crippen LogP contribution in [0, 0.1) is 0 Å². The molecule has 0 aliphatic rings. The molecular weight excluding hydrogens is 569 g/mol. The standard InChI is InChI=1S/C45H81N2/c1-3-5-7-9-11-13-15-17-18-19-20-21-22-24-26-28-33-39-45-46(40-34-29-27-25-23-16-14-12-10-8-6-4-2)42-43-47(45)41-35-38-44-36-31-30-32-37-44/h30-32,36-37,42-43H,3-29,33-35,38-41H2,1-2H3/q+1. The van der Waals surface area contributed by atoms with Crippen molar-refractivity contribution in [2.45, 2.75) is 232 Å². The van der Waals surface area contributed by atoms with E-state index in [1.165, 1.54) is 218 Å². The van der Waals surface area contributed by atoms with E-state index in [0.29, 0.717) is 0 Å². The Morgan fingerprint density at radius 2 is 0.830 bits per heavy atom. The zero-order valence-electron chi connectivity index (χ0n) is 32.0. The van der Waals surface area contributed by atoms with Crippen LogP contribution in [0.4, 0.5) is 0 Å². The van der Waals surface area contributed by atoms with Crippen molar-refractivity contribution in [1.29, 1.82) is 0 Å². The number of nitrogens with zero attached hydrogens (tertiary/aromatic N) is 2. The first kappa shape index (κ1) is 41.6. The molecule has 0 saturated carbocycles.